The van der Waals surface area contributed by atoms with Crippen LogP contribution in [0.15, 0.2) is 66.6 Å². The summed E-state index contributed by atoms with van der Waals surface area (Å²) in [6.45, 7) is 15.7. The summed E-state index contributed by atoms with van der Waals surface area (Å²) in [6.07, 6.45) is 4.66. The van der Waals surface area contributed by atoms with Gasteiger partial charge in [-0.3, -0.25) is 4.79 Å². The van der Waals surface area contributed by atoms with Crippen LogP contribution in [0.25, 0.3) is 32.8 Å². The van der Waals surface area contributed by atoms with Gasteiger partial charge >= 0.3 is 0 Å². The first-order chi connectivity index (χ1) is 17.8. The average molecular weight is 705 g/mol. The molecule has 1 N–H and O–H groups in total. The molecule has 4 aromatic rings. The van der Waals surface area contributed by atoms with Crippen molar-refractivity contribution in [2.75, 3.05) is 0 Å². The molecule has 39 heavy (non-hydrogen) atoms. The van der Waals surface area contributed by atoms with E-state index in [1.807, 2.05) is 79.7 Å². The number of nitrogens with zero attached hydrogens (tertiary/aromatic N) is 1. The number of hydrogen-bond donors (Lipinski definition) is 1. The number of rotatable bonds is 6. The monoisotopic (exact) mass is 705 g/mol. The van der Waals surface area contributed by atoms with E-state index in [0.717, 1.165) is 51.4 Å². The number of aliphatic hydroxyl groups excluding tert-OH is 1. The molecule has 209 valence electrons. The van der Waals surface area contributed by atoms with Crippen molar-refractivity contribution in [2.45, 2.75) is 68.2 Å². The Labute approximate surface area is 245 Å². The van der Waals surface area contributed by atoms with E-state index in [1.165, 1.54) is 6.08 Å². The number of pyridine rings is 1. The molecule has 0 bridgehead atoms. The van der Waals surface area contributed by atoms with Crippen molar-refractivity contribution < 1.29 is 34.4 Å². The van der Waals surface area contributed by atoms with E-state index in [-0.39, 0.29) is 48.3 Å². The third-order valence-electron chi connectivity index (χ3n) is 7.52. The van der Waals surface area contributed by atoms with Crippen molar-refractivity contribution in [3.8, 4) is 11.3 Å². The van der Waals surface area contributed by atoms with Gasteiger partial charge in [-0.1, -0.05) is 79.7 Å². The van der Waals surface area contributed by atoms with Crippen LogP contribution in [0.2, 0.25) is 0 Å². The third kappa shape index (κ3) is 7.41. The number of aliphatic hydroxyl groups is 1. The van der Waals surface area contributed by atoms with E-state index in [0.29, 0.717) is 5.39 Å². The zero-order valence-corrected chi connectivity index (χ0v) is 26.6. The largest absolute Gasteiger partial charge is 0.512 e. The third-order valence-corrected chi connectivity index (χ3v) is 7.52. The van der Waals surface area contributed by atoms with Gasteiger partial charge in [-0.05, 0) is 46.8 Å². The molecular formula is C34H39FIrNO2-. The number of aryl methyl sites for hydroxylation is 2. The second-order valence-corrected chi connectivity index (χ2v) is 11.3. The molecule has 0 saturated carbocycles. The van der Waals surface area contributed by atoms with Gasteiger partial charge in [0.1, 0.15) is 11.6 Å². The SMILES string of the molecule is CCC(C)(C)C(=O)/C=C(\O)C(C)(C)CC.Cc1[c-]c(-c2nccc3c(F)cc4ccccc4c23)cc(C)c1.[Ir]. The standard InChI is InChI=1S/C21H15FN.C13H24O2.Ir/c1-13-9-14(2)11-16(10-13)21-20-17-6-4-3-5-15(17)12-19(22)18(20)7-8-23-21;1-7-12(3,4)10(14)9-11(15)13(5,6)8-2;/h3-10,12H,1-2H3;9,14H,7-8H2,1-6H3;/q-1;;/b;10-9-;. The molecule has 0 aliphatic carbocycles. The van der Waals surface area contributed by atoms with Crippen molar-refractivity contribution in [3.05, 3.63) is 89.6 Å². The molecule has 0 saturated heterocycles. The van der Waals surface area contributed by atoms with Gasteiger partial charge in [0.15, 0.2) is 5.78 Å². The number of halogens is 1. The maximum atomic E-state index is 14.5. The van der Waals surface area contributed by atoms with Gasteiger partial charge in [-0.15, -0.1) is 34.9 Å². The molecule has 0 amide bonds. The fourth-order valence-corrected chi connectivity index (χ4v) is 4.10. The summed E-state index contributed by atoms with van der Waals surface area (Å²) in [4.78, 5) is 16.4. The predicted molar refractivity (Wildman–Crippen MR) is 157 cm³/mol. The summed E-state index contributed by atoms with van der Waals surface area (Å²) in [6, 6.07) is 18.7. The van der Waals surface area contributed by atoms with Crippen LogP contribution >= 0.6 is 0 Å². The predicted octanol–water partition coefficient (Wildman–Crippen LogP) is 9.48. The van der Waals surface area contributed by atoms with Gasteiger partial charge in [0.2, 0.25) is 0 Å². The molecule has 0 atom stereocenters. The van der Waals surface area contributed by atoms with E-state index >= 15 is 0 Å². The Kier molecular flexibility index (Phi) is 10.8. The zero-order chi connectivity index (χ0) is 28.3. The number of allylic oxidation sites excluding steroid dienone is 2. The zero-order valence-electron chi connectivity index (χ0n) is 24.2. The van der Waals surface area contributed by atoms with E-state index in [2.05, 4.69) is 23.2 Å². The Balaban J connectivity index is 0.000000294. The van der Waals surface area contributed by atoms with Crippen LogP contribution < -0.4 is 0 Å². The van der Waals surface area contributed by atoms with Crippen molar-refractivity contribution in [1.29, 1.82) is 0 Å². The summed E-state index contributed by atoms with van der Waals surface area (Å²) in [5, 5.41) is 13.2. The maximum absolute atomic E-state index is 14.5. The molecule has 1 aromatic heterocycles. The van der Waals surface area contributed by atoms with Gasteiger partial charge in [0, 0.05) is 48.6 Å². The van der Waals surface area contributed by atoms with Crippen LogP contribution in [0.3, 0.4) is 0 Å². The molecule has 0 aliphatic rings. The normalized spacial score (nSPS) is 12.1. The molecule has 5 heteroatoms. The van der Waals surface area contributed by atoms with Crippen LogP contribution in [-0.2, 0) is 24.9 Å². The Morgan fingerprint density at radius 2 is 1.62 bits per heavy atom. The molecule has 0 unspecified atom stereocenters. The Bertz CT molecular complexity index is 1480. The minimum Gasteiger partial charge on any atom is -0.512 e. The fraction of sp³-hybridized carbons (Fsp3) is 0.353. The minimum absolute atomic E-state index is 0. The van der Waals surface area contributed by atoms with Crippen LogP contribution in [0, 0.1) is 36.6 Å². The van der Waals surface area contributed by atoms with Crippen LogP contribution in [0.5, 0.6) is 0 Å². The van der Waals surface area contributed by atoms with E-state index in [1.54, 1.807) is 18.3 Å². The quantitative estimate of drug-likeness (QED) is 0.0942. The molecule has 1 radical (unpaired) electrons. The van der Waals surface area contributed by atoms with Crippen LogP contribution in [0.4, 0.5) is 4.39 Å². The molecule has 0 spiro atoms. The Hall–Kier alpha value is -2.88. The Morgan fingerprint density at radius 1 is 0.974 bits per heavy atom. The van der Waals surface area contributed by atoms with Gasteiger partial charge in [0.05, 0.1) is 0 Å². The average Bonchev–Trinajstić information content (AvgIpc) is 2.88. The first-order valence-electron chi connectivity index (χ1n) is 13.2. The van der Waals surface area contributed by atoms with Crippen molar-refractivity contribution >= 4 is 27.3 Å². The summed E-state index contributed by atoms with van der Waals surface area (Å²) in [7, 11) is 0. The van der Waals surface area contributed by atoms with E-state index in [4.69, 9.17) is 0 Å². The minimum atomic E-state index is -0.377. The number of aromatic nitrogens is 1. The Morgan fingerprint density at radius 3 is 2.23 bits per heavy atom. The van der Waals surface area contributed by atoms with E-state index < -0.39 is 0 Å². The topological polar surface area (TPSA) is 50.2 Å². The summed E-state index contributed by atoms with van der Waals surface area (Å²) >= 11 is 0. The first kappa shape index (κ1) is 32.3. The molecule has 4 rings (SSSR count). The number of fused-ring (bicyclic) bond motifs is 3. The molecule has 3 aromatic carbocycles. The second-order valence-electron chi connectivity index (χ2n) is 11.3. The van der Waals surface area contributed by atoms with Gasteiger partial charge < -0.3 is 10.1 Å². The van der Waals surface area contributed by atoms with Crippen molar-refractivity contribution in [2.24, 2.45) is 10.8 Å². The summed E-state index contributed by atoms with van der Waals surface area (Å²) in [5.74, 6) is -0.0210. The molecule has 0 aliphatic heterocycles. The molecule has 1 heterocycles. The van der Waals surface area contributed by atoms with Crippen LogP contribution in [0.1, 0.15) is 65.5 Å². The number of carbonyl (C=O) groups excluding carboxylic acids is 1. The van der Waals surface area contributed by atoms with Crippen LogP contribution in [-0.4, -0.2) is 15.9 Å². The molecular weight excluding hydrogens is 666 g/mol. The number of hydrogen-bond acceptors (Lipinski definition) is 3. The maximum Gasteiger partial charge on any atom is 0.164 e. The second kappa shape index (κ2) is 13.0. The number of ketones is 1. The summed E-state index contributed by atoms with van der Waals surface area (Å²) < 4.78 is 14.5. The van der Waals surface area contributed by atoms with Crippen molar-refractivity contribution in [1.82, 2.24) is 4.98 Å². The summed E-state index contributed by atoms with van der Waals surface area (Å²) in [5.41, 5.74) is 3.21. The van der Waals surface area contributed by atoms with E-state index in [9.17, 15) is 14.3 Å². The molecule has 3 nitrogen and oxygen atoms in total. The van der Waals surface area contributed by atoms with Gasteiger partial charge in [-0.25, -0.2) is 4.39 Å². The fourth-order valence-electron chi connectivity index (χ4n) is 4.10. The number of carbonyl (C=O) groups is 1. The van der Waals surface area contributed by atoms with Gasteiger partial charge in [-0.2, -0.15) is 0 Å². The smallest absolute Gasteiger partial charge is 0.164 e. The molecule has 0 fully saturated rings. The number of benzene rings is 3. The van der Waals surface area contributed by atoms with Gasteiger partial charge in [0.25, 0.3) is 0 Å². The first-order valence-corrected chi connectivity index (χ1v) is 13.2. The van der Waals surface area contributed by atoms with Crippen molar-refractivity contribution in [3.63, 3.8) is 0 Å².